The molecule has 0 bridgehead atoms. The summed E-state index contributed by atoms with van der Waals surface area (Å²) in [7, 11) is 2.20. The minimum Gasteiger partial charge on any atom is -0.379 e. The minimum atomic E-state index is 0.404. The fraction of sp³-hybridized carbons (Fsp3) is 1.00. The van der Waals surface area contributed by atoms with Crippen molar-refractivity contribution in [1.29, 1.82) is 0 Å². The molecule has 0 fully saturated rings. The van der Waals surface area contributed by atoms with E-state index in [1.54, 1.807) is 0 Å². The Morgan fingerprint density at radius 2 is 1.64 bits per heavy atom. The molecule has 0 aromatic carbocycles. The Balaban J connectivity index is 3.38. The van der Waals surface area contributed by atoms with Crippen molar-refractivity contribution < 1.29 is 4.74 Å². The normalized spacial score (nSPS) is 13.9. The second kappa shape index (κ2) is 8.25. The third kappa shape index (κ3) is 8.52. The van der Waals surface area contributed by atoms with Crippen LogP contribution in [0.25, 0.3) is 0 Å². The lowest BCUT2D eigenvalue weighted by atomic mass is 10.1. The Morgan fingerprint density at radius 3 is 2.14 bits per heavy atom. The van der Waals surface area contributed by atoms with Gasteiger partial charge >= 0.3 is 0 Å². The molecule has 0 amide bonds. The van der Waals surface area contributed by atoms with E-state index in [-0.39, 0.29) is 0 Å². The zero-order valence-electron chi connectivity index (χ0n) is 10.5. The molecule has 0 saturated carbocycles. The second-order valence-electron chi connectivity index (χ2n) is 4.54. The Kier molecular flexibility index (Phi) is 8.20. The SMILES string of the molecule is CCOC(C)CCN(C)CCC(C)C. The van der Waals surface area contributed by atoms with Crippen molar-refractivity contribution in [3.05, 3.63) is 0 Å². The average Bonchev–Trinajstić information content (AvgIpc) is 2.12. The van der Waals surface area contributed by atoms with E-state index in [4.69, 9.17) is 4.74 Å². The molecule has 0 aliphatic heterocycles. The summed E-state index contributed by atoms with van der Waals surface area (Å²) in [4.78, 5) is 2.40. The molecule has 1 atom stereocenters. The van der Waals surface area contributed by atoms with E-state index < -0.39 is 0 Å². The van der Waals surface area contributed by atoms with Crippen LogP contribution in [0.1, 0.15) is 40.5 Å². The molecule has 0 spiro atoms. The molecule has 14 heavy (non-hydrogen) atoms. The van der Waals surface area contributed by atoms with Gasteiger partial charge in [-0.1, -0.05) is 13.8 Å². The van der Waals surface area contributed by atoms with Crippen LogP contribution >= 0.6 is 0 Å². The van der Waals surface area contributed by atoms with Gasteiger partial charge in [-0.2, -0.15) is 0 Å². The molecular weight excluding hydrogens is 174 g/mol. The van der Waals surface area contributed by atoms with Crippen molar-refractivity contribution in [2.75, 3.05) is 26.7 Å². The highest BCUT2D eigenvalue weighted by atomic mass is 16.5. The highest BCUT2D eigenvalue weighted by Crippen LogP contribution is 2.03. The summed E-state index contributed by atoms with van der Waals surface area (Å²) in [5.74, 6) is 0.807. The van der Waals surface area contributed by atoms with Crippen LogP contribution < -0.4 is 0 Å². The largest absolute Gasteiger partial charge is 0.379 e. The molecule has 0 rings (SSSR count). The molecule has 0 radical (unpaired) electrons. The monoisotopic (exact) mass is 201 g/mol. The van der Waals surface area contributed by atoms with E-state index in [9.17, 15) is 0 Å². The summed E-state index contributed by atoms with van der Waals surface area (Å²) in [5, 5.41) is 0. The van der Waals surface area contributed by atoms with Crippen LogP contribution in [0.5, 0.6) is 0 Å². The molecule has 86 valence electrons. The van der Waals surface area contributed by atoms with Crippen molar-refractivity contribution in [2.24, 2.45) is 5.92 Å². The molecule has 0 saturated heterocycles. The first kappa shape index (κ1) is 13.9. The molecule has 0 aliphatic rings. The van der Waals surface area contributed by atoms with Crippen LogP contribution in [0.3, 0.4) is 0 Å². The fourth-order valence-electron chi connectivity index (χ4n) is 1.36. The number of nitrogens with zero attached hydrogens (tertiary/aromatic N) is 1. The summed E-state index contributed by atoms with van der Waals surface area (Å²) in [6.45, 7) is 11.9. The zero-order chi connectivity index (χ0) is 11.0. The summed E-state index contributed by atoms with van der Waals surface area (Å²) in [6.07, 6.45) is 2.84. The predicted octanol–water partition coefficient (Wildman–Crippen LogP) is 2.78. The van der Waals surface area contributed by atoms with Crippen molar-refractivity contribution in [2.45, 2.75) is 46.6 Å². The first-order chi connectivity index (χ1) is 6.56. The Morgan fingerprint density at radius 1 is 1.07 bits per heavy atom. The van der Waals surface area contributed by atoms with Gasteiger partial charge in [-0.3, -0.25) is 0 Å². The minimum absolute atomic E-state index is 0.404. The molecule has 2 nitrogen and oxygen atoms in total. The van der Waals surface area contributed by atoms with Gasteiger partial charge in [-0.15, -0.1) is 0 Å². The topological polar surface area (TPSA) is 12.5 Å². The van der Waals surface area contributed by atoms with Crippen molar-refractivity contribution in [3.63, 3.8) is 0 Å². The summed E-state index contributed by atoms with van der Waals surface area (Å²) >= 11 is 0. The number of hydrogen-bond acceptors (Lipinski definition) is 2. The average molecular weight is 201 g/mol. The maximum Gasteiger partial charge on any atom is 0.0559 e. The molecule has 0 N–H and O–H groups in total. The fourth-order valence-corrected chi connectivity index (χ4v) is 1.36. The van der Waals surface area contributed by atoms with Gasteiger partial charge in [0.25, 0.3) is 0 Å². The summed E-state index contributed by atoms with van der Waals surface area (Å²) in [5.41, 5.74) is 0. The van der Waals surface area contributed by atoms with E-state index >= 15 is 0 Å². The smallest absolute Gasteiger partial charge is 0.0559 e. The maximum absolute atomic E-state index is 5.49. The standard InChI is InChI=1S/C12H27NO/c1-6-14-12(4)8-10-13(5)9-7-11(2)3/h11-12H,6-10H2,1-5H3. The van der Waals surface area contributed by atoms with Crippen molar-refractivity contribution >= 4 is 0 Å². The van der Waals surface area contributed by atoms with Gasteiger partial charge in [-0.05, 0) is 46.2 Å². The molecule has 0 aliphatic carbocycles. The Bertz CT molecular complexity index is 125. The summed E-state index contributed by atoms with van der Waals surface area (Å²) < 4.78 is 5.49. The van der Waals surface area contributed by atoms with E-state index in [0.717, 1.165) is 25.5 Å². The maximum atomic E-state index is 5.49. The van der Waals surface area contributed by atoms with Gasteiger partial charge in [0, 0.05) is 13.2 Å². The third-order valence-electron chi connectivity index (χ3n) is 2.46. The highest BCUT2D eigenvalue weighted by Gasteiger charge is 2.04. The molecule has 0 aromatic heterocycles. The third-order valence-corrected chi connectivity index (χ3v) is 2.46. The van der Waals surface area contributed by atoms with E-state index in [2.05, 4.69) is 39.6 Å². The lowest BCUT2D eigenvalue weighted by Gasteiger charge is -2.20. The Labute approximate surface area is 89.6 Å². The molecule has 1 unspecified atom stereocenters. The van der Waals surface area contributed by atoms with Crippen LogP contribution in [0.15, 0.2) is 0 Å². The number of hydrogen-bond donors (Lipinski definition) is 0. The van der Waals surface area contributed by atoms with Crippen molar-refractivity contribution in [3.8, 4) is 0 Å². The van der Waals surface area contributed by atoms with Gasteiger partial charge in [-0.25, -0.2) is 0 Å². The number of rotatable bonds is 8. The second-order valence-corrected chi connectivity index (χ2v) is 4.54. The highest BCUT2D eigenvalue weighted by molar-refractivity contribution is 4.58. The quantitative estimate of drug-likeness (QED) is 0.599. The zero-order valence-corrected chi connectivity index (χ0v) is 10.5. The lowest BCUT2D eigenvalue weighted by molar-refractivity contribution is 0.0631. The Hall–Kier alpha value is -0.0800. The van der Waals surface area contributed by atoms with E-state index in [0.29, 0.717) is 6.10 Å². The van der Waals surface area contributed by atoms with Crippen LogP contribution in [0, 0.1) is 5.92 Å². The first-order valence-electron chi connectivity index (χ1n) is 5.86. The predicted molar refractivity (Wildman–Crippen MR) is 62.7 cm³/mol. The molecule has 0 aromatic rings. The van der Waals surface area contributed by atoms with Gasteiger partial charge in [0.15, 0.2) is 0 Å². The van der Waals surface area contributed by atoms with Gasteiger partial charge in [0.2, 0.25) is 0 Å². The molecule has 2 heteroatoms. The van der Waals surface area contributed by atoms with Crippen LogP contribution in [-0.2, 0) is 4.74 Å². The van der Waals surface area contributed by atoms with E-state index in [1.807, 2.05) is 0 Å². The van der Waals surface area contributed by atoms with Crippen LogP contribution in [0.4, 0.5) is 0 Å². The molecular formula is C12H27NO. The van der Waals surface area contributed by atoms with E-state index in [1.165, 1.54) is 13.0 Å². The van der Waals surface area contributed by atoms with Gasteiger partial charge in [0.05, 0.1) is 6.10 Å². The van der Waals surface area contributed by atoms with Gasteiger partial charge in [0.1, 0.15) is 0 Å². The first-order valence-corrected chi connectivity index (χ1v) is 5.86. The number of ether oxygens (including phenoxy) is 1. The van der Waals surface area contributed by atoms with Gasteiger partial charge < -0.3 is 9.64 Å². The summed E-state index contributed by atoms with van der Waals surface area (Å²) in [6, 6.07) is 0. The van der Waals surface area contributed by atoms with Crippen molar-refractivity contribution in [1.82, 2.24) is 4.90 Å². The van der Waals surface area contributed by atoms with Crippen LogP contribution in [0.2, 0.25) is 0 Å². The lowest BCUT2D eigenvalue weighted by Crippen LogP contribution is -2.25. The molecule has 0 heterocycles. The van der Waals surface area contributed by atoms with Crippen LogP contribution in [-0.4, -0.2) is 37.7 Å².